The van der Waals surface area contributed by atoms with Crippen molar-refractivity contribution in [2.45, 2.75) is 49.9 Å². The van der Waals surface area contributed by atoms with Gasteiger partial charge in [0.05, 0.1) is 11.7 Å². The molecule has 1 fully saturated rings. The lowest BCUT2D eigenvalue weighted by Crippen LogP contribution is -2.28. The van der Waals surface area contributed by atoms with Gasteiger partial charge in [-0.1, -0.05) is 49.6 Å². The number of aliphatic hydroxyl groups excluding tert-OH is 2. The normalized spacial score (nSPS) is 21.3. The lowest BCUT2D eigenvalue weighted by atomic mass is 9.84. The number of hydrogen-bond donors (Lipinski definition) is 4. The zero-order chi connectivity index (χ0) is 15.3. The van der Waals surface area contributed by atoms with E-state index in [1.165, 1.54) is 6.42 Å². The summed E-state index contributed by atoms with van der Waals surface area (Å²) in [6, 6.07) is 7.31. The van der Waals surface area contributed by atoms with Crippen LogP contribution in [0.2, 0.25) is 0 Å². The summed E-state index contributed by atoms with van der Waals surface area (Å²) in [5.41, 5.74) is 6.19. The summed E-state index contributed by atoms with van der Waals surface area (Å²) < 4.78 is 0. The molecule has 2 rings (SSSR count). The first kappa shape index (κ1) is 16.2. The van der Waals surface area contributed by atoms with E-state index in [2.05, 4.69) is 0 Å². The number of aliphatic hydroxyl groups is 3. The Hall–Kier alpha value is -1.20. The van der Waals surface area contributed by atoms with Gasteiger partial charge in [-0.2, -0.15) is 0 Å². The van der Waals surface area contributed by atoms with Gasteiger partial charge in [0, 0.05) is 6.54 Å². The summed E-state index contributed by atoms with van der Waals surface area (Å²) >= 11 is 0. The zero-order valence-electron chi connectivity index (χ0n) is 12.3. The van der Waals surface area contributed by atoms with Crippen LogP contribution in [0.1, 0.15) is 49.3 Å². The van der Waals surface area contributed by atoms with Crippen LogP contribution in [0.15, 0.2) is 30.3 Å². The summed E-state index contributed by atoms with van der Waals surface area (Å²) in [6.45, 7) is 0.0149. The first-order chi connectivity index (χ1) is 10.0. The van der Waals surface area contributed by atoms with Crippen molar-refractivity contribution in [1.82, 2.24) is 0 Å². The Balaban J connectivity index is 2.10. The minimum atomic E-state index is -0.985. The molecule has 1 aromatic rings. The maximum atomic E-state index is 10.4. The standard InChI is InChI=1S/C17H25NO3/c18-12-15(19)16(20)14-6-4-5-13(11-14)7-10-17(21)8-2-1-3-9-17/h4-7,10-11,15-16,19-21H,1-3,8-9,12,18H2/b10-7+/t15-,16-/m0/s1. The number of benzene rings is 1. The predicted molar refractivity (Wildman–Crippen MR) is 83.5 cm³/mol. The highest BCUT2D eigenvalue weighted by atomic mass is 16.3. The van der Waals surface area contributed by atoms with Crippen LogP contribution in [-0.4, -0.2) is 33.6 Å². The Bertz CT molecular complexity index is 481. The molecule has 0 bridgehead atoms. The summed E-state index contributed by atoms with van der Waals surface area (Å²) in [4.78, 5) is 0. The van der Waals surface area contributed by atoms with Gasteiger partial charge in [0.25, 0.3) is 0 Å². The molecule has 4 nitrogen and oxygen atoms in total. The molecule has 21 heavy (non-hydrogen) atoms. The molecule has 0 radical (unpaired) electrons. The van der Waals surface area contributed by atoms with E-state index in [1.807, 2.05) is 30.4 Å². The molecule has 2 atom stereocenters. The van der Waals surface area contributed by atoms with Crippen LogP contribution >= 0.6 is 0 Å². The smallest absolute Gasteiger partial charge is 0.106 e. The lowest BCUT2D eigenvalue weighted by Gasteiger charge is -2.28. The Kier molecular flexibility index (Phi) is 5.53. The van der Waals surface area contributed by atoms with Gasteiger partial charge in [0.2, 0.25) is 0 Å². The average molecular weight is 291 g/mol. The van der Waals surface area contributed by atoms with Crippen molar-refractivity contribution < 1.29 is 15.3 Å². The van der Waals surface area contributed by atoms with Gasteiger partial charge in [-0.3, -0.25) is 0 Å². The SMILES string of the molecule is NC[C@H](O)[C@@H](O)c1cccc(/C=C/C2(O)CCCCC2)c1. The van der Waals surface area contributed by atoms with E-state index in [-0.39, 0.29) is 6.54 Å². The van der Waals surface area contributed by atoms with Crippen LogP contribution in [0.4, 0.5) is 0 Å². The fourth-order valence-electron chi connectivity index (χ4n) is 2.78. The topological polar surface area (TPSA) is 86.7 Å². The Labute approximate surface area is 125 Å². The minimum absolute atomic E-state index is 0.0149. The van der Waals surface area contributed by atoms with E-state index >= 15 is 0 Å². The zero-order valence-corrected chi connectivity index (χ0v) is 12.3. The summed E-state index contributed by atoms with van der Waals surface area (Å²) in [5.74, 6) is 0. The van der Waals surface area contributed by atoms with Gasteiger partial charge in [0.1, 0.15) is 6.10 Å². The molecule has 0 amide bonds. The highest BCUT2D eigenvalue weighted by Crippen LogP contribution is 2.30. The van der Waals surface area contributed by atoms with Gasteiger partial charge in [-0.15, -0.1) is 0 Å². The third-order valence-corrected chi connectivity index (χ3v) is 4.16. The number of nitrogens with two attached hydrogens (primary N) is 1. The third kappa shape index (κ3) is 4.38. The van der Waals surface area contributed by atoms with Crippen LogP contribution in [0.5, 0.6) is 0 Å². The van der Waals surface area contributed by atoms with Crippen LogP contribution in [0.3, 0.4) is 0 Å². The Morgan fingerprint density at radius 1 is 1.19 bits per heavy atom. The maximum absolute atomic E-state index is 10.4. The molecule has 0 saturated heterocycles. The molecule has 0 heterocycles. The van der Waals surface area contributed by atoms with E-state index in [0.29, 0.717) is 5.56 Å². The third-order valence-electron chi connectivity index (χ3n) is 4.16. The second-order valence-electron chi connectivity index (χ2n) is 5.92. The summed E-state index contributed by atoms with van der Waals surface area (Å²) in [7, 11) is 0. The van der Waals surface area contributed by atoms with Crippen molar-refractivity contribution >= 4 is 6.08 Å². The lowest BCUT2D eigenvalue weighted by molar-refractivity contribution is 0.0243. The molecule has 1 aromatic carbocycles. The van der Waals surface area contributed by atoms with Crippen molar-refractivity contribution in [3.05, 3.63) is 41.5 Å². The van der Waals surface area contributed by atoms with E-state index in [1.54, 1.807) is 6.07 Å². The van der Waals surface area contributed by atoms with Crippen LogP contribution in [-0.2, 0) is 0 Å². The molecule has 0 aliphatic heterocycles. The monoisotopic (exact) mass is 291 g/mol. The highest BCUT2D eigenvalue weighted by Gasteiger charge is 2.25. The van der Waals surface area contributed by atoms with Crippen molar-refractivity contribution in [2.24, 2.45) is 5.73 Å². The molecular formula is C17H25NO3. The van der Waals surface area contributed by atoms with Crippen LogP contribution in [0, 0.1) is 0 Å². The van der Waals surface area contributed by atoms with Crippen molar-refractivity contribution in [3.8, 4) is 0 Å². The van der Waals surface area contributed by atoms with E-state index in [0.717, 1.165) is 31.2 Å². The molecular weight excluding hydrogens is 266 g/mol. The van der Waals surface area contributed by atoms with Crippen LogP contribution in [0.25, 0.3) is 6.08 Å². The molecule has 1 aliphatic carbocycles. The molecule has 0 spiro atoms. The molecule has 0 unspecified atom stereocenters. The minimum Gasteiger partial charge on any atom is -0.389 e. The predicted octanol–water partition coefficient (Wildman–Crippen LogP) is 1.75. The molecule has 1 aliphatic rings. The second-order valence-corrected chi connectivity index (χ2v) is 5.92. The van der Waals surface area contributed by atoms with Crippen molar-refractivity contribution in [2.75, 3.05) is 6.54 Å². The quantitative estimate of drug-likeness (QED) is 0.665. The van der Waals surface area contributed by atoms with Gasteiger partial charge in [-0.25, -0.2) is 0 Å². The molecule has 0 aromatic heterocycles. The fourth-order valence-corrected chi connectivity index (χ4v) is 2.78. The van der Waals surface area contributed by atoms with Crippen LogP contribution < -0.4 is 5.73 Å². The van der Waals surface area contributed by atoms with E-state index in [9.17, 15) is 15.3 Å². The van der Waals surface area contributed by atoms with Gasteiger partial charge in [0.15, 0.2) is 0 Å². The molecule has 116 valence electrons. The van der Waals surface area contributed by atoms with Crippen molar-refractivity contribution in [1.29, 1.82) is 0 Å². The molecule has 4 heteroatoms. The maximum Gasteiger partial charge on any atom is 0.106 e. The fraction of sp³-hybridized carbons (Fsp3) is 0.529. The van der Waals surface area contributed by atoms with Gasteiger partial charge >= 0.3 is 0 Å². The first-order valence-electron chi connectivity index (χ1n) is 7.62. The number of rotatable bonds is 5. The summed E-state index contributed by atoms with van der Waals surface area (Å²) in [5, 5.41) is 30.0. The Morgan fingerprint density at radius 2 is 1.90 bits per heavy atom. The summed E-state index contributed by atoms with van der Waals surface area (Å²) in [6.07, 6.45) is 6.70. The number of hydrogen-bond acceptors (Lipinski definition) is 4. The molecule has 5 N–H and O–H groups in total. The second kappa shape index (κ2) is 7.18. The molecule has 1 saturated carbocycles. The highest BCUT2D eigenvalue weighted by molar-refractivity contribution is 5.52. The first-order valence-corrected chi connectivity index (χ1v) is 7.62. The van der Waals surface area contributed by atoms with Gasteiger partial charge < -0.3 is 21.1 Å². The van der Waals surface area contributed by atoms with E-state index < -0.39 is 17.8 Å². The van der Waals surface area contributed by atoms with Crippen molar-refractivity contribution in [3.63, 3.8) is 0 Å². The van der Waals surface area contributed by atoms with Gasteiger partial charge in [-0.05, 0) is 30.0 Å². The van der Waals surface area contributed by atoms with E-state index in [4.69, 9.17) is 5.73 Å². The average Bonchev–Trinajstić information content (AvgIpc) is 2.52. The Morgan fingerprint density at radius 3 is 2.57 bits per heavy atom. The largest absolute Gasteiger partial charge is 0.389 e.